The van der Waals surface area contributed by atoms with Gasteiger partial charge in [0, 0.05) is 32.2 Å². The molecule has 32 heavy (non-hydrogen) atoms. The summed E-state index contributed by atoms with van der Waals surface area (Å²) in [4.78, 5) is 27.3. The summed E-state index contributed by atoms with van der Waals surface area (Å²) in [5, 5.41) is 23.3. The van der Waals surface area contributed by atoms with Crippen molar-refractivity contribution < 1.29 is 14.5 Å². The van der Waals surface area contributed by atoms with Crippen molar-refractivity contribution in [1.82, 2.24) is 30.0 Å². The SMILES string of the molecule is CCOc1ccc(-n2nnnc2CN2CCN(C(=O)c3ccccc3[N+](=O)[O-])CC2)cc1. The lowest BCUT2D eigenvalue weighted by atomic mass is 10.1. The van der Waals surface area contributed by atoms with Gasteiger partial charge in [0.05, 0.1) is 23.8 Å². The molecule has 4 rings (SSSR count). The maximum absolute atomic E-state index is 12.8. The van der Waals surface area contributed by atoms with E-state index in [-0.39, 0.29) is 17.2 Å². The highest BCUT2D eigenvalue weighted by Crippen LogP contribution is 2.21. The largest absolute Gasteiger partial charge is 0.494 e. The van der Waals surface area contributed by atoms with Crippen LogP contribution < -0.4 is 4.74 Å². The first-order valence-corrected chi connectivity index (χ1v) is 10.3. The minimum Gasteiger partial charge on any atom is -0.494 e. The van der Waals surface area contributed by atoms with Crippen molar-refractivity contribution in [2.24, 2.45) is 0 Å². The number of rotatable bonds is 7. The smallest absolute Gasteiger partial charge is 0.282 e. The number of aromatic nitrogens is 4. The fourth-order valence-electron chi connectivity index (χ4n) is 3.65. The molecule has 1 fully saturated rings. The Bertz CT molecular complexity index is 1090. The minimum atomic E-state index is -0.524. The summed E-state index contributed by atoms with van der Waals surface area (Å²) in [6, 6.07) is 13.6. The molecular formula is C21H23N7O4. The quantitative estimate of drug-likeness (QED) is 0.406. The molecule has 0 atom stereocenters. The summed E-state index contributed by atoms with van der Waals surface area (Å²) in [6.45, 7) is 5.22. The van der Waals surface area contributed by atoms with Crippen LogP contribution >= 0.6 is 0 Å². The van der Waals surface area contributed by atoms with E-state index in [1.807, 2.05) is 31.2 Å². The molecule has 11 nitrogen and oxygen atoms in total. The fraction of sp³-hybridized carbons (Fsp3) is 0.333. The zero-order valence-corrected chi connectivity index (χ0v) is 17.6. The summed E-state index contributed by atoms with van der Waals surface area (Å²) in [7, 11) is 0. The van der Waals surface area contributed by atoms with Crippen LogP contribution in [0.15, 0.2) is 48.5 Å². The molecule has 0 unspecified atom stereocenters. The number of ether oxygens (including phenoxy) is 1. The second-order valence-corrected chi connectivity index (χ2v) is 7.28. The van der Waals surface area contributed by atoms with Gasteiger partial charge >= 0.3 is 0 Å². The van der Waals surface area contributed by atoms with Gasteiger partial charge in [0.25, 0.3) is 11.6 Å². The lowest BCUT2D eigenvalue weighted by molar-refractivity contribution is -0.385. The van der Waals surface area contributed by atoms with Crippen molar-refractivity contribution in [3.05, 3.63) is 70.0 Å². The van der Waals surface area contributed by atoms with Crippen molar-refractivity contribution in [3.63, 3.8) is 0 Å². The number of para-hydroxylation sites is 1. The zero-order valence-electron chi connectivity index (χ0n) is 17.6. The van der Waals surface area contributed by atoms with Crippen LogP contribution in [-0.2, 0) is 6.54 Å². The lowest BCUT2D eigenvalue weighted by Crippen LogP contribution is -2.48. The molecule has 0 aliphatic carbocycles. The first-order chi connectivity index (χ1) is 15.6. The van der Waals surface area contributed by atoms with Gasteiger partial charge in [-0.05, 0) is 47.7 Å². The summed E-state index contributed by atoms with van der Waals surface area (Å²) < 4.78 is 7.15. The van der Waals surface area contributed by atoms with Crippen LogP contribution in [0, 0.1) is 10.1 Å². The van der Waals surface area contributed by atoms with Gasteiger partial charge in [0.15, 0.2) is 5.82 Å². The first kappa shape index (κ1) is 21.4. The predicted octanol–water partition coefficient (Wildman–Crippen LogP) is 1.93. The van der Waals surface area contributed by atoms with E-state index in [0.29, 0.717) is 45.2 Å². The second kappa shape index (κ2) is 9.52. The van der Waals surface area contributed by atoms with Crippen LogP contribution in [0.4, 0.5) is 5.69 Å². The maximum atomic E-state index is 12.8. The highest BCUT2D eigenvalue weighted by Gasteiger charge is 2.27. The summed E-state index contributed by atoms with van der Waals surface area (Å²) in [5.41, 5.74) is 0.776. The summed E-state index contributed by atoms with van der Waals surface area (Å²) in [5.74, 6) is 1.15. The molecule has 1 amide bonds. The molecule has 1 saturated heterocycles. The Morgan fingerprint density at radius 2 is 1.81 bits per heavy atom. The topological polar surface area (TPSA) is 120 Å². The van der Waals surface area contributed by atoms with Crippen LogP contribution in [0.25, 0.3) is 5.69 Å². The molecule has 0 saturated carbocycles. The molecule has 166 valence electrons. The Morgan fingerprint density at radius 1 is 1.09 bits per heavy atom. The molecule has 0 bridgehead atoms. The van der Waals surface area contributed by atoms with Crippen molar-refractivity contribution in [2.45, 2.75) is 13.5 Å². The number of nitro benzene ring substituents is 1. The number of hydrogen-bond donors (Lipinski definition) is 0. The Morgan fingerprint density at radius 3 is 2.50 bits per heavy atom. The van der Waals surface area contributed by atoms with Crippen molar-refractivity contribution in [2.75, 3.05) is 32.8 Å². The number of benzene rings is 2. The van der Waals surface area contributed by atoms with Crippen molar-refractivity contribution in [3.8, 4) is 11.4 Å². The van der Waals surface area contributed by atoms with E-state index in [1.54, 1.807) is 21.7 Å². The van der Waals surface area contributed by atoms with E-state index in [1.165, 1.54) is 12.1 Å². The highest BCUT2D eigenvalue weighted by atomic mass is 16.6. The first-order valence-electron chi connectivity index (χ1n) is 10.3. The Hall–Kier alpha value is -3.86. The average Bonchev–Trinajstić information content (AvgIpc) is 3.28. The molecule has 2 aromatic carbocycles. The molecule has 2 heterocycles. The van der Waals surface area contributed by atoms with E-state index < -0.39 is 4.92 Å². The van der Waals surface area contributed by atoms with Crippen LogP contribution in [0.5, 0.6) is 5.75 Å². The Kier molecular flexibility index (Phi) is 6.36. The Balaban J connectivity index is 1.39. The van der Waals surface area contributed by atoms with Crippen LogP contribution in [0.1, 0.15) is 23.1 Å². The van der Waals surface area contributed by atoms with E-state index >= 15 is 0 Å². The van der Waals surface area contributed by atoms with Gasteiger partial charge in [-0.3, -0.25) is 19.8 Å². The molecule has 11 heteroatoms. The second-order valence-electron chi connectivity index (χ2n) is 7.28. The Labute approximate surface area is 184 Å². The number of carbonyl (C=O) groups is 1. The summed E-state index contributed by atoms with van der Waals surface area (Å²) >= 11 is 0. The number of piperazine rings is 1. The molecular weight excluding hydrogens is 414 g/mol. The normalized spacial score (nSPS) is 14.3. The van der Waals surface area contributed by atoms with Gasteiger partial charge in [-0.1, -0.05) is 12.1 Å². The van der Waals surface area contributed by atoms with Crippen molar-refractivity contribution >= 4 is 11.6 Å². The maximum Gasteiger partial charge on any atom is 0.282 e. The molecule has 0 radical (unpaired) electrons. The van der Waals surface area contributed by atoms with Crippen molar-refractivity contribution in [1.29, 1.82) is 0 Å². The average molecular weight is 437 g/mol. The molecule has 0 spiro atoms. The standard InChI is InChI=1S/C21H23N7O4/c1-2-32-17-9-7-16(8-10-17)27-20(22-23-24-27)15-25-11-13-26(14-12-25)21(29)18-5-3-4-6-19(18)28(30)31/h3-10H,2,11-15H2,1H3. The number of nitro groups is 1. The molecule has 0 N–H and O–H groups in total. The molecule has 1 aliphatic heterocycles. The van der Waals surface area contributed by atoms with E-state index in [4.69, 9.17) is 4.74 Å². The number of tetrazole rings is 1. The number of hydrogen-bond acceptors (Lipinski definition) is 8. The van der Waals surface area contributed by atoms with E-state index in [0.717, 1.165) is 11.4 Å². The highest BCUT2D eigenvalue weighted by molar-refractivity contribution is 5.98. The molecule has 1 aromatic heterocycles. The minimum absolute atomic E-state index is 0.116. The van der Waals surface area contributed by atoms with Crippen LogP contribution in [-0.4, -0.2) is 73.6 Å². The number of nitrogens with zero attached hydrogens (tertiary/aromatic N) is 7. The monoisotopic (exact) mass is 437 g/mol. The van der Waals surface area contributed by atoms with Gasteiger partial charge in [0.2, 0.25) is 0 Å². The zero-order chi connectivity index (χ0) is 22.5. The summed E-state index contributed by atoms with van der Waals surface area (Å²) in [6.07, 6.45) is 0. The van der Waals surface area contributed by atoms with Gasteiger partial charge in [-0.2, -0.15) is 4.68 Å². The number of amides is 1. The van der Waals surface area contributed by atoms with Crippen LogP contribution in [0.3, 0.4) is 0 Å². The molecule has 1 aliphatic rings. The van der Waals surface area contributed by atoms with E-state index in [2.05, 4.69) is 20.4 Å². The van der Waals surface area contributed by atoms with E-state index in [9.17, 15) is 14.9 Å². The fourth-order valence-corrected chi connectivity index (χ4v) is 3.65. The third kappa shape index (κ3) is 4.57. The van der Waals surface area contributed by atoms with Gasteiger partial charge < -0.3 is 9.64 Å². The predicted molar refractivity (Wildman–Crippen MR) is 115 cm³/mol. The lowest BCUT2D eigenvalue weighted by Gasteiger charge is -2.34. The third-order valence-corrected chi connectivity index (χ3v) is 5.28. The van der Waals surface area contributed by atoms with Gasteiger partial charge in [-0.25, -0.2) is 0 Å². The van der Waals surface area contributed by atoms with Gasteiger partial charge in [-0.15, -0.1) is 5.10 Å². The van der Waals surface area contributed by atoms with Crippen LogP contribution in [0.2, 0.25) is 0 Å². The van der Waals surface area contributed by atoms with Gasteiger partial charge in [0.1, 0.15) is 11.3 Å². The number of carbonyl (C=O) groups excluding carboxylic acids is 1. The molecule has 3 aromatic rings. The third-order valence-electron chi connectivity index (χ3n) is 5.28.